The Morgan fingerprint density at radius 1 is 1.33 bits per heavy atom. The van der Waals surface area contributed by atoms with Crippen LogP contribution in [0.25, 0.3) is 0 Å². The maximum absolute atomic E-state index is 14.1. The third-order valence-corrected chi connectivity index (χ3v) is 4.25. The minimum Gasteiger partial charge on any atom is -0.488 e. The molecule has 0 aromatic heterocycles. The summed E-state index contributed by atoms with van der Waals surface area (Å²) in [5.74, 6) is -0.141. The van der Waals surface area contributed by atoms with Gasteiger partial charge in [-0.2, -0.15) is 0 Å². The van der Waals surface area contributed by atoms with Gasteiger partial charge in [0.05, 0.1) is 5.60 Å². The van der Waals surface area contributed by atoms with E-state index in [-0.39, 0.29) is 24.2 Å². The molecule has 0 heterocycles. The molecule has 1 aliphatic carbocycles. The summed E-state index contributed by atoms with van der Waals surface area (Å²) in [6, 6.07) is 5.15. The molecule has 0 saturated heterocycles. The number of hydrogen-bond donors (Lipinski definition) is 2. The largest absolute Gasteiger partial charge is 0.488 e. The monoisotopic (exact) mass is 295 g/mol. The van der Waals surface area contributed by atoms with Crippen LogP contribution in [0.15, 0.2) is 18.2 Å². The fraction of sp³-hybridized carbons (Fsp3) is 0.647. The summed E-state index contributed by atoms with van der Waals surface area (Å²) in [6.45, 7) is 5.04. The Morgan fingerprint density at radius 3 is 2.67 bits per heavy atom. The van der Waals surface area contributed by atoms with E-state index in [9.17, 15) is 9.50 Å². The zero-order chi connectivity index (χ0) is 15.3. The minimum absolute atomic E-state index is 0.112. The van der Waals surface area contributed by atoms with Crippen molar-refractivity contribution in [2.75, 3.05) is 13.2 Å². The highest BCUT2D eigenvalue weighted by molar-refractivity contribution is 5.31. The smallest absolute Gasteiger partial charge is 0.165 e. The quantitative estimate of drug-likeness (QED) is 0.843. The fourth-order valence-corrected chi connectivity index (χ4v) is 2.89. The molecule has 1 unspecified atom stereocenters. The van der Waals surface area contributed by atoms with Crippen molar-refractivity contribution in [3.05, 3.63) is 29.6 Å². The Kier molecular flexibility index (Phi) is 5.59. The zero-order valence-electron chi connectivity index (χ0n) is 13.0. The van der Waals surface area contributed by atoms with Crippen molar-refractivity contribution in [3.8, 4) is 5.75 Å². The van der Waals surface area contributed by atoms with E-state index in [4.69, 9.17) is 4.74 Å². The topological polar surface area (TPSA) is 41.5 Å². The first kappa shape index (κ1) is 16.2. The van der Waals surface area contributed by atoms with Gasteiger partial charge in [-0.1, -0.05) is 32.3 Å². The van der Waals surface area contributed by atoms with Gasteiger partial charge in [0.15, 0.2) is 11.6 Å². The Hall–Kier alpha value is -1.13. The molecular formula is C17H26FNO2. The summed E-state index contributed by atoms with van der Waals surface area (Å²) in [5, 5.41) is 13.6. The second kappa shape index (κ2) is 7.23. The molecule has 1 aromatic rings. The van der Waals surface area contributed by atoms with Gasteiger partial charge in [-0.25, -0.2) is 4.39 Å². The molecule has 3 nitrogen and oxygen atoms in total. The first-order valence-corrected chi connectivity index (χ1v) is 7.92. The van der Waals surface area contributed by atoms with Crippen molar-refractivity contribution >= 4 is 0 Å². The number of hydrogen-bond acceptors (Lipinski definition) is 3. The highest BCUT2D eigenvalue weighted by atomic mass is 19.1. The summed E-state index contributed by atoms with van der Waals surface area (Å²) in [6.07, 6.45) is 4.67. The lowest BCUT2D eigenvalue weighted by Gasteiger charge is -2.31. The molecule has 1 atom stereocenters. The second-order valence-electron chi connectivity index (χ2n) is 6.04. The van der Waals surface area contributed by atoms with Gasteiger partial charge in [0.2, 0.25) is 0 Å². The first-order valence-electron chi connectivity index (χ1n) is 7.92. The molecule has 2 N–H and O–H groups in total. The lowest BCUT2D eigenvalue weighted by Crippen LogP contribution is -2.38. The van der Waals surface area contributed by atoms with Gasteiger partial charge in [0.1, 0.15) is 6.61 Å². The van der Waals surface area contributed by atoms with Crippen molar-refractivity contribution < 1.29 is 14.2 Å². The Morgan fingerprint density at radius 2 is 2.05 bits per heavy atom. The number of benzene rings is 1. The Bertz CT molecular complexity index is 458. The molecule has 1 fully saturated rings. The van der Waals surface area contributed by atoms with E-state index >= 15 is 0 Å². The standard InChI is InChI=1S/C17H26FNO2/c1-3-19-13(2)14-7-8-16(15(18)11-14)21-12-17(20)9-5-4-6-10-17/h7-8,11,13,19-20H,3-6,9-10,12H2,1-2H3. The molecule has 0 amide bonds. The molecule has 0 bridgehead atoms. The number of nitrogens with one attached hydrogen (secondary N) is 1. The van der Waals surface area contributed by atoms with Crippen molar-refractivity contribution in [1.29, 1.82) is 0 Å². The van der Waals surface area contributed by atoms with Crippen LogP contribution in [0.5, 0.6) is 5.75 Å². The van der Waals surface area contributed by atoms with Crippen molar-refractivity contribution in [1.82, 2.24) is 5.32 Å². The van der Waals surface area contributed by atoms with E-state index in [0.29, 0.717) is 0 Å². The predicted molar refractivity (Wildman–Crippen MR) is 82.0 cm³/mol. The average Bonchev–Trinajstić information content (AvgIpc) is 2.47. The fourth-order valence-electron chi connectivity index (χ4n) is 2.89. The molecule has 118 valence electrons. The summed E-state index contributed by atoms with van der Waals surface area (Å²) in [5.41, 5.74) is 0.110. The van der Waals surface area contributed by atoms with Crippen LogP contribution in [-0.2, 0) is 0 Å². The molecule has 1 saturated carbocycles. The van der Waals surface area contributed by atoms with Crippen LogP contribution in [0.2, 0.25) is 0 Å². The number of ether oxygens (including phenoxy) is 1. The number of aliphatic hydroxyl groups is 1. The molecular weight excluding hydrogens is 269 g/mol. The van der Waals surface area contributed by atoms with E-state index in [2.05, 4.69) is 5.32 Å². The summed E-state index contributed by atoms with van der Waals surface area (Å²) < 4.78 is 19.6. The van der Waals surface area contributed by atoms with E-state index in [1.165, 1.54) is 6.07 Å². The molecule has 2 rings (SSSR count). The van der Waals surface area contributed by atoms with Gasteiger partial charge in [-0.3, -0.25) is 0 Å². The SMILES string of the molecule is CCNC(C)c1ccc(OCC2(O)CCCCC2)c(F)c1. The second-order valence-corrected chi connectivity index (χ2v) is 6.04. The Balaban J connectivity index is 1.97. The molecule has 0 radical (unpaired) electrons. The molecule has 0 aliphatic heterocycles. The average molecular weight is 295 g/mol. The maximum Gasteiger partial charge on any atom is 0.165 e. The summed E-state index contributed by atoms with van der Waals surface area (Å²) in [7, 11) is 0. The third-order valence-electron chi connectivity index (χ3n) is 4.25. The molecule has 1 aromatic carbocycles. The van der Waals surface area contributed by atoms with Gasteiger partial charge in [0, 0.05) is 6.04 Å². The van der Waals surface area contributed by atoms with Crippen molar-refractivity contribution in [2.45, 2.75) is 57.6 Å². The summed E-state index contributed by atoms with van der Waals surface area (Å²) >= 11 is 0. The van der Waals surface area contributed by atoms with Gasteiger partial charge < -0.3 is 15.2 Å². The normalized spacial score (nSPS) is 19.2. The molecule has 21 heavy (non-hydrogen) atoms. The van der Waals surface area contributed by atoms with E-state index in [1.54, 1.807) is 6.07 Å². The lowest BCUT2D eigenvalue weighted by molar-refractivity contribution is -0.0347. The number of halogens is 1. The van der Waals surface area contributed by atoms with Crippen molar-refractivity contribution in [3.63, 3.8) is 0 Å². The van der Waals surface area contributed by atoms with E-state index in [1.807, 2.05) is 19.9 Å². The first-order chi connectivity index (χ1) is 10.0. The molecule has 0 spiro atoms. The maximum atomic E-state index is 14.1. The van der Waals surface area contributed by atoms with Crippen LogP contribution in [0, 0.1) is 5.82 Å². The molecule has 4 heteroatoms. The van der Waals surface area contributed by atoms with Crippen LogP contribution in [0.1, 0.15) is 57.6 Å². The van der Waals surface area contributed by atoms with E-state index < -0.39 is 5.60 Å². The third kappa shape index (κ3) is 4.42. The van der Waals surface area contributed by atoms with Crippen LogP contribution >= 0.6 is 0 Å². The van der Waals surface area contributed by atoms with Gasteiger partial charge in [-0.05, 0) is 44.0 Å². The van der Waals surface area contributed by atoms with Crippen LogP contribution in [0.3, 0.4) is 0 Å². The molecule has 1 aliphatic rings. The highest BCUT2D eigenvalue weighted by Crippen LogP contribution is 2.30. The highest BCUT2D eigenvalue weighted by Gasteiger charge is 2.30. The zero-order valence-corrected chi connectivity index (χ0v) is 13.0. The van der Waals surface area contributed by atoms with Crippen molar-refractivity contribution in [2.24, 2.45) is 0 Å². The van der Waals surface area contributed by atoms with Gasteiger partial charge in [-0.15, -0.1) is 0 Å². The van der Waals surface area contributed by atoms with Crippen LogP contribution < -0.4 is 10.1 Å². The minimum atomic E-state index is -0.791. The lowest BCUT2D eigenvalue weighted by atomic mass is 9.85. The van der Waals surface area contributed by atoms with Gasteiger partial charge >= 0.3 is 0 Å². The number of rotatable bonds is 6. The van der Waals surface area contributed by atoms with Gasteiger partial charge in [0.25, 0.3) is 0 Å². The summed E-state index contributed by atoms with van der Waals surface area (Å²) in [4.78, 5) is 0. The van der Waals surface area contributed by atoms with Crippen LogP contribution in [0.4, 0.5) is 4.39 Å². The Labute approximate surface area is 126 Å². The predicted octanol–water partition coefficient (Wildman–Crippen LogP) is 3.57. The van der Waals surface area contributed by atoms with E-state index in [0.717, 1.165) is 44.2 Å². The van der Waals surface area contributed by atoms with Crippen LogP contribution in [-0.4, -0.2) is 23.9 Å².